The molecule has 1 amide bonds. The first kappa shape index (κ1) is 14.4. The first-order valence-electron chi connectivity index (χ1n) is 8.06. The Hall–Kier alpha value is -2.21. The van der Waals surface area contributed by atoms with Crippen LogP contribution in [0.1, 0.15) is 60.2 Å². The second-order valence-electron chi connectivity index (χ2n) is 6.51. The molecule has 0 saturated heterocycles. The molecule has 1 saturated carbocycles. The van der Waals surface area contributed by atoms with Gasteiger partial charge in [-0.05, 0) is 38.8 Å². The molecule has 120 valence electrons. The lowest BCUT2D eigenvalue weighted by Crippen LogP contribution is -2.36. The van der Waals surface area contributed by atoms with E-state index >= 15 is 0 Å². The number of nitrogens with zero attached hydrogens (tertiary/aromatic N) is 2. The van der Waals surface area contributed by atoms with E-state index in [4.69, 9.17) is 4.74 Å². The van der Waals surface area contributed by atoms with Crippen molar-refractivity contribution in [1.82, 2.24) is 20.5 Å². The van der Waals surface area contributed by atoms with E-state index in [-0.39, 0.29) is 23.7 Å². The van der Waals surface area contributed by atoms with Crippen molar-refractivity contribution in [2.45, 2.75) is 50.9 Å². The van der Waals surface area contributed by atoms with Gasteiger partial charge in [0.2, 0.25) is 0 Å². The zero-order chi connectivity index (χ0) is 16.0. The van der Waals surface area contributed by atoms with Crippen molar-refractivity contribution in [2.75, 3.05) is 0 Å². The molecular weight excluding hydrogens is 292 g/mol. The van der Waals surface area contributed by atoms with Gasteiger partial charge in [-0.15, -0.1) is 0 Å². The summed E-state index contributed by atoms with van der Waals surface area (Å²) >= 11 is 0. The Kier molecular flexibility index (Phi) is 3.23. The summed E-state index contributed by atoms with van der Waals surface area (Å²) in [6.45, 7) is 4.00. The number of carbonyl (C=O) groups excluding carboxylic acids is 1. The van der Waals surface area contributed by atoms with Gasteiger partial charge in [-0.2, -0.15) is 5.10 Å². The molecule has 6 heteroatoms. The summed E-state index contributed by atoms with van der Waals surface area (Å²) in [5.41, 5.74) is 2.97. The smallest absolute Gasteiger partial charge is 0.272 e. The number of H-pyrrole nitrogens is 1. The molecule has 1 aliphatic carbocycles. The van der Waals surface area contributed by atoms with Gasteiger partial charge in [0.05, 0.1) is 29.1 Å². The maximum Gasteiger partial charge on any atom is 0.272 e. The molecule has 6 nitrogen and oxygen atoms in total. The minimum atomic E-state index is -0.327. The lowest BCUT2D eigenvalue weighted by Gasteiger charge is -2.25. The van der Waals surface area contributed by atoms with E-state index in [2.05, 4.69) is 20.5 Å². The van der Waals surface area contributed by atoms with Crippen LogP contribution in [-0.4, -0.2) is 27.2 Å². The fraction of sp³-hybridized carbons (Fsp3) is 0.471. The fourth-order valence-corrected chi connectivity index (χ4v) is 3.35. The molecule has 2 atom stereocenters. The zero-order valence-corrected chi connectivity index (χ0v) is 13.3. The summed E-state index contributed by atoms with van der Waals surface area (Å²) in [5, 5.41) is 10.4. The predicted octanol–water partition coefficient (Wildman–Crippen LogP) is 2.25. The number of rotatable bonds is 3. The molecule has 2 N–H and O–H groups in total. The Morgan fingerprint density at radius 2 is 2.22 bits per heavy atom. The number of nitrogens with one attached hydrogen (secondary N) is 2. The highest BCUT2D eigenvalue weighted by Crippen LogP contribution is 2.44. The molecule has 23 heavy (non-hydrogen) atoms. The van der Waals surface area contributed by atoms with E-state index in [0.717, 1.165) is 29.8 Å². The van der Waals surface area contributed by atoms with Crippen molar-refractivity contribution < 1.29 is 9.53 Å². The first-order valence-corrected chi connectivity index (χ1v) is 8.06. The average molecular weight is 312 g/mol. The molecule has 3 heterocycles. The zero-order valence-electron chi connectivity index (χ0n) is 13.3. The number of ether oxygens (including phenoxy) is 1. The number of hydrogen-bond acceptors (Lipinski definition) is 4. The molecular formula is C17H20N4O2. The third-order valence-corrected chi connectivity index (χ3v) is 4.71. The second kappa shape index (κ2) is 5.16. The monoisotopic (exact) mass is 312 g/mol. The average Bonchev–Trinajstić information content (AvgIpc) is 3.18. The van der Waals surface area contributed by atoms with Crippen molar-refractivity contribution >= 4 is 5.91 Å². The molecule has 0 bridgehead atoms. The number of pyridine rings is 1. The standard InChI is InChI=1S/C17H20N4O2/c1-10-9-12-14(11(2)23-10)20-21-15(12)16(22)19-17(6-7-17)13-5-3-4-8-18-13/h3-5,8,10-11H,6-7,9H2,1-2H3,(H,19,22)(H,20,21)/t10-,11+/m1/s1. The van der Waals surface area contributed by atoms with Crippen LogP contribution in [0.3, 0.4) is 0 Å². The van der Waals surface area contributed by atoms with Crippen LogP contribution in [-0.2, 0) is 16.7 Å². The number of aromatic nitrogens is 3. The van der Waals surface area contributed by atoms with Crippen LogP contribution >= 0.6 is 0 Å². The third-order valence-electron chi connectivity index (χ3n) is 4.71. The van der Waals surface area contributed by atoms with E-state index in [9.17, 15) is 4.79 Å². The number of carbonyl (C=O) groups is 1. The molecule has 2 aromatic rings. The summed E-state index contributed by atoms with van der Waals surface area (Å²) in [4.78, 5) is 17.2. The number of aromatic amines is 1. The van der Waals surface area contributed by atoms with Crippen molar-refractivity contribution in [2.24, 2.45) is 0 Å². The van der Waals surface area contributed by atoms with Crippen LogP contribution in [0.15, 0.2) is 24.4 Å². The van der Waals surface area contributed by atoms with Crippen LogP contribution in [0.25, 0.3) is 0 Å². The maximum absolute atomic E-state index is 12.8. The highest BCUT2D eigenvalue weighted by molar-refractivity contribution is 5.95. The van der Waals surface area contributed by atoms with E-state index in [0.29, 0.717) is 12.1 Å². The molecule has 0 unspecified atom stereocenters. The number of amides is 1. The first-order chi connectivity index (χ1) is 11.1. The van der Waals surface area contributed by atoms with E-state index in [1.54, 1.807) is 6.20 Å². The summed E-state index contributed by atoms with van der Waals surface area (Å²) in [6.07, 6.45) is 4.32. The van der Waals surface area contributed by atoms with Gasteiger partial charge in [0.15, 0.2) is 5.69 Å². The minimum absolute atomic E-state index is 0.0616. The highest BCUT2D eigenvalue weighted by atomic mass is 16.5. The predicted molar refractivity (Wildman–Crippen MR) is 83.9 cm³/mol. The highest BCUT2D eigenvalue weighted by Gasteiger charge is 2.47. The van der Waals surface area contributed by atoms with Gasteiger partial charge in [-0.1, -0.05) is 6.07 Å². The fourth-order valence-electron chi connectivity index (χ4n) is 3.35. The molecule has 0 aromatic carbocycles. The van der Waals surface area contributed by atoms with Crippen LogP contribution in [0.2, 0.25) is 0 Å². The quantitative estimate of drug-likeness (QED) is 0.911. The Morgan fingerprint density at radius 1 is 1.39 bits per heavy atom. The molecule has 2 aromatic heterocycles. The van der Waals surface area contributed by atoms with Crippen molar-refractivity contribution in [1.29, 1.82) is 0 Å². The lowest BCUT2D eigenvalue weighted by atomic mass is 9.99. The topological polar surface area (TPSA) is 79.9 Å². The van der Waals surface area contributed by atoms with Gasteiger partial charge in [-0.25, -0.2) is 0 Å². The normalized spacial score (nSPS) is 24.8. The minimum Gasteiger partial charge on any atom is -0.369 e. The second-order valence-corrected chi connectivity index (χ2v) is 6.51. The molecule has 0 spiro atoms. The Labute approximate surface area is 134 Å². The SMILES string of the molecule is C[C@@H]1Cc2c(C(=O)NC3(c4ccccn4)CC3)n[nH]c2[C@H](C)O1. The number of fused-ring (bicyclic) bond motifs is 1. The van der Waals surface area contributed by atoms with Crippen LogP contribution in [0, 0.1) is 0 Å². The van der Waals surface area contributed by atoms with Gasteiger partial charge in [0.25, 0.3) is 5.91 Å². The van der Waals surface area contributed by atoms with E-state index in [1.165, 1.54) is 0 Å². The molecule has 1 aliphatic heterocycles. The largest absolute Gasteiger partial charge is 0.369 e. The van der Waals surface area contributed by atoms with Crippen LogP contribution < -0.4 is 5.32 Å². The molecule has 2 aliphatic rings. The van der Waals surface area contributed by atoms with Crippen molar-refractivity contribution in [3.05, 3.63) is 47.0 Å². The molecule has 1 fully saturated rings. The Bertz CT molecular complexity index is 736. The Morgan fingerprint density at radius 3 is 2.91 bits per heavy atom. The maximum atomic E-state index is 12.8. The Balaban J connectivity index is 1.59. The summed E-state index contributed by atoms with van der Waals surface area (Å²) in [5.74, 6) is -0.132. The van der Waals surface area contributed by atoms with Gasteiger partial charge in [0.1, 0.15) is 0 Å². The summed E-state index contributed by atoms with van der Waals surface area (Å²) in [7, 11) is 0. The molecule has 4 rings (SSSR count). The van der Waals surface area contributed by atoms with Crippen molar-refractivity contribution in [3.8, 4) is 0 Å². The van der Waals surface area contributed by atoms with Gasteiger partial charge in [0, 0.05) is 18.2 Å². The third kappa shape index (κ3) is 2.43. The van der Waals surface area contributed by atoms with E-state index < -0.39 is 0 Å². The van der Waals surface area contributed by atoms with Gasteiger partial charge in [-0.3, -0.25) is 14.9 Å². The number of hydrogen-bond donors (Lipinski definition) is 2. The lowest BCUT2D eigenvalue weighted by molar-refractivity contribution is -0.00697. The molecule has 0 radical (unpaired) electrons. The summed E-state index contributed by atoms with van der Waals surface area (Å²) < 4.78 is 5.78. The summed E-state index contributed by atoms with van der Waals surface area (Å²) in [6, 6.07) is 5.80. The van der Waals surface area contributed by atoms with Crippen molar-refractivity contribution in [3.63, 3.8) is 0 Å². The van der Waals surface area contributed by atoms with E-state index in [1.807, 2.05) is 32.0 Å². The van der Waals surface area contributed by atoms with Gasteiger partial charge < -0.3 is 10.1 Å². The van der Waals surface area contributed by atoms with Crippen LogP contribution in [0.4, 0.5) is 0 Å². The van der Waals surface area contributed by atoms with Gasteiger partial charge >= 0.3 is 0 Å². The van der Waals surface area contributed by atoms with Crippen LogP contribution in [0.5, 0.6) is 0 Å².